The molecule has 1 aromatic carbocycles. The van der Waals surface area contributed by atoms with Crippen molar-refractivity contribution in [1.29, 1.82) is 0 Å². The highest BCUT2D eigenvalue weighted by Gasteiger charge is 2.07. The number of aromatic nitrogens is 1. The predicted octanol–water partition coefficient (Wildman–Crippen LogP) is 2.21. The van der Waals surface area contributed by atoms with Gasteiger partial charge in [0.25, 0.3) is 5.91 Å². The molecule has 19 heavy (non-hydrogen) atoms. The largest absolute Gasteiger partial charge is 0.457 e. The summed E-state index contributed by atoms with van der Waals surface area (Å²) in [6.07, 6.45) is 1.54. The Kier molecular flexibility index (Phi) is 3.97. The van der Waals surface area contributed by atoms with Crippen LogP contribution in [0.4, 0.5) is 5.69 Å². The number of nitrogens with zero attached hydrogens (tertiary/aromatic N) is 1. The minimum Gasteiger partial charge on any atom is -0.457 e. The number of pyridine rings is 1. The molecule has 0 saturated heterocycles. The molecule has 0 spiro atoms. The van der Waals surface area contributed by atoms with Gasteiger partial charge in [-0.1, -0.05) is 0 Å². The fraction of sp³-hybridized carbons (Fsp3) is 0.143. The first-order valence-corrected chi connectivity index (χ1v) is 5.96. The Morgan fingerprint density at radius 3 is 2.68 bits per heavy atom. The second-order valence-corrected chi connectivity index (χ2v) is 3.91. The summed E-state index contributed by atoms with van der Waals surface area (Å²) in [4.78, 5) is 15.6. The zero-order chi connectivity index (χ0) is 13.7. The number of nitrogens with two attached hydrogens (primary N) is 1. The highest BCUT2D eigenvalue weighted by Crippen LogP contribution is 2.22. The van der Waals surface area contributed by atoms with E-state index in [0.717, 1.165) is 0 Å². The van der Waals surface area contributed by atoms with Crippen molar-refractivity contribution in [1.82, 2.24) is 10.3 Å². The molecule has 5 heteroatoms. The van der Waals surface area contributed by atoms with Crippen molar-refractivity contribution >= 4 is 11.6 Å². The normalized spacial score (nSPS) is 9.95. The molecule has 0 aliphatic heterocycles. The van der Waals surface area contributed by atoms with Crippen LogP contribution in [-0.2, 0) is 0 Å². The monoisotopic (exact) mass is 257 g/mol. The van der Waals surface area contributed by atoms with Crippen molar-refractivity contribution in [3.63, 3.8) is 0 Å². The van der Waals surface area contributed by atoms with Gasteiger partial charge in [0.2, 0.25) is 0 Å². The van der Waals surface area contributed by atoms with E-state index >= 15 is 0 Å². The average Bonchev–Trinajstić information content (AvgIpc) is 2.42. The number of anilines is 1. The minimum atomic E-state index is -0.217. The summed E-state index contributed by atoms with van der Waals surface area (Å²) in [6.45, 7) is 2.41. The van der Waals surface area contributed by atoms with Crippen LogP contribution in [0.25, 0.3) is 0 Å². The molecular weight excluding hydrogens is 242 g/mol. The van der Waals surface area contributed by atoms with E-state index in [1.165, 1.54) is 6.20 Å². The Bertz CT molecular complexity index is 567. The molecule has 0 radical (unpaired) electrons. The van der Waals surface area contributed by atoms with E-state index in [9.17, 15) is 4.79 Å². The van der Waals surface area contributed by atoms with E-state index in [4.69, 9.17) is 10.5 Å². The van der Waals surface area contributed by atoms with E-state index in [0.29, 0.717) is 29.4 Å². The van der Waals surface area contributed by atoms with Gasteiger partial charge < -0.3 is 15.8 Å². The number of nitrogens with one attached hydrogen (secondary N) is 1. The molecule has 0 atom stereocenters. The molecule has 98 valence electrons. The van der Waals surface area contributed by atoms with Gasteiger partial charge >= 0.3 is 0 Å². The van der Waals surface area contributed by atoms with Crippen LogP contribution in [0.2, 0.25) is 0 Å². The van der Waals surface area contributed by atoms with Crippen molar-refractivity contribution < 1.29 is 9.53 Å². The van der Waals surface area contributed by atoms with E-state index in [2.05, 4.69) is 10.3 Å². The van der Waals surface area contributed by atoms with E-state index < -0.39 is 0 Å². The molecule has 0 fully saturated rings. The first-order chi connectivity index (χ1) is 9.19. The number of nitrogen functional groups attached to an aromatic ring is 1. The number of ether oxygens (including phenoxy) is 1. The highest BCUT2D eigenvalue weighted by molar-refractivity contribution is 5.92. The fourth-order valence-corrected chi connectivity index (χ4v) is 1.52. The second kappa shape index (κ2) is 5.86. The summed E-state index contributed by atoms with van der Waals surface area (Å²) in [5.41, 5.74) is 6.60. The SMILES string of the molecule is CCNC(=O)c1cc(Oc2ccc(N)cc2)ccn1. The number of hydrogen-bond donors (Lipinski definition) is 2. The molecule has 2 aromatic rings. The third kappa shape index (κ3) is 3.45. The Labute approximate surface area is 111 Å². The van der Waals surface area contributed by atoms with Gasteiger partial charge in [0, 0.05) is 24.5 Å². The number of benzene rings is 1. The van der Waals surface area contributed by atoms with Crippen LogP contribution in [0.1, 0.15) is 17.4 Å². The van der Waals surface area contributed by atoms with Crippen molar-refractivity contribution in [3.8, 4) is 11.5 Å². The third-order valence-electron chi connectivity index (χ3n) is 2.42. The maximum atomic E-state index is 11.6. The fourth-order valence-electron chi connectivity index (χ4n) is 1.52. The first-order valence-electron chi connectivity index (χ1n) is 5.96. The zero-order valence-corrected chi connectivity index (χ0v) is 10.6. The van der Waals surface area contributed by atoms with Crippen LogP contribution in [-0.4, -0.2) is 17.4 Å². The van der Waals surface area contributed by atoms with Gasteiger partial charge in [-0.25, -0.2) is 0 Å². The number of rotatable bonds is 4. The summed E-state index contributed by atoms with van der Waals surface area (Å²) < 4.78 is 5.63. The average molecular weight is 257 g/mol. The maximum absolute atomic E-state index is 11.6. The summed E-state index contributed by atoms with van der Waals surface area (Å²) >= 11 is 0. The number of carbonyl (C=O) groups excluding carboxylic acids is 1. The lowest BCUT2D eigenvalue weighted by atomic mass is 10.3. The highest BCUT2D eigenvalue weighted by atomic mass is 16.5. The van der Waals surface area contributed by atoms with E-state index in [-0.39, 0.29) is 5.91 Å². The maximum Gasteiger partial charge on any atom is 0.270 e. The van der Waals surface area contributed by atoms with Gasteiger partial charge in [0.15, 0.2) is 0 Å². The number of hydrogen-bond acceptors (Lipinski definition) is 4. The van der Waals surface area contributed by atoms with Crippen LogP contribution >= 0.6 is 0 Å². The van der Waals surface area contributed by atoms with Crippen molar-refractivity contribution in [2.45, 2.75) is 6.92 Å². The standard InChI is InChI=1S/C14H15N3O2/c1-2-16-14(18)13-9-12(7-8-17-13)19-11-5-3-10(15)4-6-11/h3-9H,2,15H2,1H3,(H,16,18). The molecule has 1 amide bonds. The molecule has 1 heterocycles. The summed E-state index contributed by atoms with van der Waals surface area (Å²) in [5, 5.41) is 2.69. The quantitative estimate of drug-likeness (QED) is 0.823. The lowest BCUT2D eigenvalue weighted by molar-refractivity contribution is 0.0950. The second-order valence-electron chi connectivity index (χ2n) is 3.91. The molecule has 0 aliphatic rings. The molecule has 0 bridgehead atoms. The zero-order valence-electron chi connectivity index (χ0n) is 10.6. The van der Waals surface area contributed by atoms with Gasteiger partial charge in [-0.3, -0.25) is 9.78 Å². The van der Waals surface area contributed by atoms with Gasteiger partial charge in [0.1, 0.15) is 17.2 Å². The van der Waals surface area contributed by atoms with Crippen LogP contribution in [0.15, 0.2) is 42.6 Å². The van der Waals surface area contributed by atoms with Gasteiger partial charge in [-0.15, -0.1) is 0 Å². The van der Waals surface area contributed by atoms with Gasteiger partial charge in [0.05, 0.1) is 0 Å². The summed E-state index contributed by atoms with van der Waals surface area (Å²) in [7, 11) is 0. The predicted molar refractivity (Wildman–Crippen MR) is 73.2 cm³/mol. The molecule has 3 N–H and O–H groups in total. The molecule has 0 aliphatic carbocycles. The van der Waals surface area contributed by atoms with E-state index in [1.54, 1.807) is 36.4 Å². The molecule has 0 saturated carbocycles. The van der Waals surface area contributed by atoms with Crippen LogP contribution in [0.5, 0.6) is 11.5 Å². The van der Waals surface area contributed by atoms with Gasteiger partial charge in [-0.05, 0) is 37.3 Å². The van der Waals surface area contributed by atoms with Crippen molar-refractivity contribution in [2.24, 2.45) is 0 Å². The summed E-state index contributed by atoms with van der Waals surface area (Å²) in [6, 6.07) is 10.3. The van der Waals surface area contributed by atoms with Crippen LogP contribution in [0.3, 0.4) is 0 Å². The first kappa shape index (κ1) is 12.9. The van der Waals surface area contributed by atoms with Gasteiger partial charge in [-0.2, -0.15) is 0 Å². The molecule has 5 nitrogen and oxygen atoms in total. The smallest absolute Gasteiger partial charge is 0.270 e. The minimum absolute atomic E-state index is 0.217. The van der Waals surface area contributed by atoms with Crippen LogP contribution < -0.4 is 15.8 Å². The third-order valence-corrected chi connectivity index (χ3v) is 2.42. The number of amides is 1. The Morgan fingerprint density at radius 1 is 1.26 bits per heavy atom. The number of carbonyl (C=O) groups is 1. The summed E-state index contributed by atoms with van der Waals surface area (Å²) in [5.74, 6) is 0.994. The lowest BCUT2D eigenvalue weighted by Crippen LogP contribution is -2.23. The Morgan fingerprint density at radius 2 is 2.00 bits per heavy atom. The Hall–Kier alpha value is -2.56. The Balaban J connectivity index is 2.15. The van der Waals surface area contributed by atoms with Crippen LogP contribution in [0, 0.1) is 0 Å². The van der Waals surface area contributed by atoms with Crippen molar-refractivity contribution in [3.05, 3.63) is 48.3 Å². The van der Waals surface area contributed by atoms with E-state index in [1.807, 2.05) is 6.92 Å². The molecule has 2 rings (SSSR count). The lowest BCUT2D eigenvalue weighted by Gasteiger charge is -2.07. The molecule has 1 aromatic heterocycles. The molecule has 0 unspecified atom stereocenters. The van der Waals surface area contributed by atoms with Crippen molar-refractivity contribution in [2.75, 3.05) is 12.3 Å². The topological polar surface area (TPSA) is 77.2 Å². The molecular formula is C14H15N3O2.